The third-order valence-electron chi connectivity index (χ3n) is 1.19. The molecule has 12 heavy (non-hydrogen) atoms. The second-order valence-electron chi connectivity index (χ2n) is 2.00. The van der Waals surface area contributed by atoms with Gasteiger partial charge in [0.1, 0.15) is 11.0 Å². The molecule has 0 aromatic heterocycles. The Morgan fingerprint density at radius 1 is 1.17 bits per heavy atom. The van der Waals surface area contributed by atoms with E-state index in [1.54, 1.807) is 0 Å². The minimum Gasteiger partial charge on any atom is -0.248 e. The van der Waals surface area contributed by atoms with Gasteiger partial charge in [-0.25, -0.2) is 22.5 Å². The Labute approximate surface area is 68.8 Å². The Bertz CT molecular complexity index is 319. The van der Waals surface area contributed by atoms with Gasteiger partial charge in [0.25, 0.3) is 0 Å². The third kappa shape index (κ3) is 1.64. The van der Waals surface area contributed by atoms with Crippen LogP contribution in [0.25, 0.3) is 0 Å². The second kappa shape index (κ2) is 3.24. The Hall–Kier alpha value is -0.880. The third-order valence-corrected chi connectivity index (χ3v) is 1.89. The zero-order valence-electron chi connectivity index (χ0n) is 5.68. The molecule has 0 spiro atoms. The molecule has 0 aliphatic heterocycles. The predicted octanol–water partition coefficient (Wildman–Crippen LogP) is 1.09. The molecule has 0 aliphatic carbocycles. The summed E-state index contributed by atoms with van der Waals surface area (Å²) in [5.41, 5.74) is 0. The summed E-state index contributed by atoms with van der Waals surface area (Å²) in [4.78, 5) is -0.286. The molecule has 1 aromatic carbocycles. The summed E-state index contributed by atoms with van der Waals surface area (Å²) in [6, 6.07) is 1.18. The molecule has 0 saturated heterocycles. The Morgan fingerprint density at radius 3 is 1.92 bits per heavy atom. The molecule has 66 valence electrons. The van der Waals surface area contributed by atoms with E-state index in [4.69, 9.17) is 5.14 Å². The Kier molecular flexibility index (Phi) is 2.49. The van der Waals surface area contributed by atoms with Gasteiger partial charge in [-0.05, 0) is 12.1 Å². The maximum Gasteiger partial charge on any atom is 0.194 e. The molecule has 0 aliphatic rings. The number of nitrogens with two attached hydrogens (primary N) is 1. The fourth-order valence-electron chi connectivity index (χ4n) is 0.648. The van der Waals surface area contributed by atoms with Crippen LogP contribution in [-0.4, -0.2) is 4.21 Å². The van der Waals surface area contributed by atoms with Crippen molar-refractivity contribution in [1.82, 2.24) is 0 Å². The van der Waals surface area contributed by atoms with E-state index in [1.807, 2.05) is 0 Å². The van der Waals surface area contributed by atoms with E-state index in [0.717, 1.165) is 0 Å². The summed E-state index contributed by atoms with van der Waals surface area (Å²) in [6.45, 7) is 0. The summed E-state index contributed by atoms with van der Waals surface area (Å²) in [5, 5.41) is 4.82. The van der Waals surface area contributed by atoms with Crippen LogP contribution in [0, 0.1) is 17.5 Å². The standard InChI is InChI=1S/C6H4F3NOS/c7-4-1-3(12(10)11)2-5(8)6(4)9/h1-2H,10H2. The molecule has 0 heterocycles. The van der Waals surface area contributed by atoms with Gasteiger partial charge in [0.2, 0.25) is 0 Å². The summed E-state index contributed by atoms with van der Waals surface area (Å²) in [7, 11) is -2.00. The van der Waals surface area contributed by atoms with E-state index in [9.17, 15) is 17.4 Å². The lowest BCUT2D eigenvalue weighted by Crippen LogP contribution is -2.05. The predicted molar refractivity (Wildman–Crippen MR) is 36.9 cm³/mol. The number of hydrogen-bond donors (Lipinski definition) is 1. The molecule has 1 aromatic rings. The van der Waals surface area contributed by atoms with Crippen LogP contribution in [0.15, 0.2) is 17.0 Å². The molecule has 1 rings (SSSR count). The number of hydrogen-bond acceptors (Lipinski definition) is 1. The van der Waals surface area contributed by atoms with Crippen molar-refractivity contribution in [2.24, 2.45) is 5.14 Å². The molecule has 1 unspecified atom stereocenters. The molecule has 0 fully saturated rings. The van der Waals surface area contributed by atoms with E-state index in [-0.39, 0.29) is 4.90 Å². The van der Waals surface area contributed by atoms with Crippen molar-refractivity contribution in [2.75, 3.05) is 0 Å². The number of rotatable bonds is 1. The van der Waals surface area contributed by atoms with E-state index >= 15 is 0 Å². The van der Waals surface area contributed by atoms with Crippen LogP contribution in [0.5, 0.6) is 0 Å². The van der Waals surface area contributed by atoms with Gasteiger partial charge >= 0.3 is 0 Å². The van der Waals surface area contributed by atoms with Crippen LogP contribution in [0.1, 0.15) is 0 Å². The van der Waals surface area contributed by atoms with E-state index in [0.29, 0.717) is 12.1 Å². The monoisotopic (exact) mass is 195 g/mol. The first-order valence-corrected chi connectivity index (χ1v) is 4.04. The fraction of sp³-hybridized carbons (Fsp3) is 0. The molecule has 0 saturated carbocycles. The molecule has 0 bridgehead atoms. The first-order chi connectivity index (χ1) is 5.52. The molecule has 1 atom stereocenters. The van der Waals surface area contributed by atoms with Crippen LogP contribution < -0.4 is 5.14 Å². The summed E-state index contributed by atoms with van der Waals surface area (Å²) < 4.78 is 47.6. The molecule has 2 nitrogen and oxygen atoms in total. The summed E-state index contributed by atoms with van der Waals surface area (Å²) in [6.07, 6.45) is 0. The second-order valence-corrected chi connectivity index (χ2v) is 3.06. The normalized spacial score (nSPS) is 13.0. The van der Waals surface area contributed by atoms with Crippen molar-refractivity contribution in [3.63, 3.8) is 0 Å². The van der Waals surface area contributed by atoms with Crippen LogP contribution in [0.3, 0.4) is 0 Å². The van der Waals surface area contributed by atoms with Crippen LogP contribution in [0.4, 0.5) is 13.2 Å². The topological polar surface area (TPSA) is 43.1 Å². The fourth-order valence-corrected chi connectivity index (χ4v) is 1.09. The van der Waals surface area contributed by atoms with Crippen LogP contribution >= 0.6 is 0 Å². The van der Waals surface area contributed by atoms with Crippen molar-refractivity contribution < 1.29 is 17.4 Å². The van der Waals surface area contributed by atoms with Gasteiger partial charge in [-0.2, -0.15) is 0 Å². The maximum absolute atomic E-state index is 12.4. The van der Waals surface area contributed by atoms with Gasteiger partial charge in [-0.15, -0.1) is 0 Å². The molecule has 0 radical (unpaired) electrons. The quantitative estimate of drug-likeness (QED) is 0.669. The van der Waals surface area contributed by atoms with Gasteiger partial charge in [0.15, 0.2) is 17.5 Å². The Balaban J connectivity index is 3.31. The van der Waals surface area contributed by atoms with E-state index in [1.165, 1.54) is 0 Å². The van der Waals surface area contributed by atoms with Crippen molar-refractivity contribution in [3.8, 4) is 0 Å². The van der Waals surface area contributed by atoms with Crippen molar-refractivity contribution >= 4 is 11.0 Å². The van der Waals surface area contributed by atoms with Gasteiger partial charge in [-0.3, -0.25) is 0 Å². The average Bonchev–Trinajstić information content (AvgIpc) is 1.99. The van der Waals surface area contributed by atoms with Gasteiger partial charge in [-0.1, -0.05) is 0 Å². The average molecular weight is 195 g/mol. The summed E-state index contributed by atoms with van der Waals surface area (Å²) in [5.74, 6) is -4.39. The zero-order chi connectivity index (χ0) is 9.30. The lowest BCUT2D eigenvalue weighted by Gasteiger charge is -1.98. The van der Waals surface area contributed by atoms with Crippen LogP contribution in [-0.2, 0) is 11.0 Å². The molecule has 0 amide bonds. The first-order valence-electron chi connectivity index (χ1n) is 2.83. The zero-order valence-corrected chi connectivity index (χ0v) is 6.50. The molecule has 6 heteroatoms. The van der Waals surface area contributed by atoms with E-state index < -0.39 is 28.4 Å². The largest absolute Gasteiger partial charge is 0.248 e. The van der Waals surface area contributed by atoms with Gasteiger partial charge in [0.05, 0.1) is 4.90 Å². The maximum atomic E-state index is 12.4. The van der Waals surface area contributed by atoms with Gasteiger partial charge in [0, 0.05) is 0 Å². The lowest BCUT2D eigenvalue weighted by atomic mass is 10.3. The minimum absolute atomic E-state index is 0.286. The van der Waals surface area contributed by atoms with Crippen molar-refractivity contribution in [2.45, 2.75) is 4.90 Å². The molecule has 2 N–H and O–H groups in total. The molecular formula is C6H4F3NOS. The smallest absolute Gasteiger partial charge is 0.194 e. The Morgan fingerprint density at radius 2 is 1.58 bits per heavy atom. The molecular weight excluding hydrogens is 191 g/mol. The summed E-state index contributed by atoms with van der Waals surface area (Å²) >= 11 is 0. The first kappa shape index (κ1) is 9.21. The highest BCUT2D eigenvalue weighted by atomic mass is 32.2. The highest BCUT2D eigenvalue weighted by molar-refractivity contribution is 7.82. The number of benzene rings is 1. The minimum atomic E-state index is -2.00. The highest BCUT2D eigenvalue weighted by Crippen LogP contribution is 2.14. The highest BCUT2D eigenvalue weighted by Gasteiger charge is 2.11. The SMILES string of the molecule is NS(=O)c1cc(F)c(F)c(F)c1. The number of halogens is 3. The van der Waals surface area contributed by atoms with Crippen LogP contribution in [0.2, 0.25) is 0 Å². The van der Waals surface area contributed by atoms with Crippen molar-refractivity contribution in [3.05, 3.63) is 29.6 Å². The van der Waals surface area contributed by atoms with Gasteiger partial charge < -0.3 is 0 Å². The van der Waals surface area contributed by atoms with Crippen molar-refractivity contribution in [1.29, 1.82) is 0 Å². The van der Waals surface area contributed by atoms with E-state index in [2.05, 4.69) is 0 Å². The lowest BCUT2D eigenvalue weighted by molar-refractivity contribution is 0.443.